The van der Waals surface area contributed by atoms with Gasteiger partial charge in [0.1, 0.15) is 5.69 Å². The summed E-state index contributed by atoms with van der Waals surface area (Å²) in [5.74, 6) is 0. The van der Waals surface area contributed by atoms with Crippen LogP contribution in [0.3, 0.4) is 0 Å². The van der Waals surface area contributed by atoms with E-state index in [0.717, 1.165) is 0 Å². The van der Waals surface area contributed by atoms with Crippen molar-refractivity contribution in [2.75, 3.05) is 0 Å². The number of halogens is 2. The minimum atomic E-state index is -2.48. The van der Waals surface area contributed by atoms with Crippen LogP contribution in [-0.4, -0.2) is 4.98 Å². The van der Waals surface area contributed by atoms with Gasteiger partial charge in [0.05, 0.1) is 0 Å². The number of pyridine rings is 1. The first-order valence-corrected chi connectivity index (χ1v) is 3.39. The monoisotopic (exact) mass is 156 g/mol. The maximum Gasteiger partial charge on any atom is 0.280 e. The summed E-state index contributed by atoms with van der Waals surface area (Å²) in [4.78, 5) is 3.69. The Bertz CT molecular complexity index is 235. The molecule has 0 aliphatic rings. The predicted molar refractivity (Wildman–Crippen MR) is 37.4 cm³/mol. The van der Waals surface area contributed by atoms with Gasteiger partial charge in [-0.2, -0.15) is 0 Å². The molecule has 1 heterocycles. The van der Waals surface area contributed by atoms with Gasteiger partial charge in [0.2, 0.25) is 0 Å². The Morgan fingerprint density at radius 1 is 1.64 bits per heavy atom. The molecule has 3 heteroatoms. The van der Waals surface area contributed by atoms with Gasteiger partial charge in [0.15, 0.2) is 0 Å². The van der Waals surface area contributed by atoms with Gasteiger partial charge in [-0.25, -0.2) is 8.78 Å². The van der Waals surface area contributed by atoms with E-state index in [1.807, 2.05) is 6.92 Å². The van der Waals surface area contributed by atoms with E-state index in [0.29, 0.717) is 12.1 Å². The van der Waals surface area contributed by atoms with Crippen molar-refractivity contribution in [3.8, 4) is 0 Å². The molecular weight excluding hydrogens is 148 g/mol. The van der Waals surface area contributed by atoms with Gasteiger partial charge in [-0.05, 0) is 12.5 Å². The third-order valence-corrected chi connectivity index (χ3v) is 1.33. The molecule has 1 nitrogen and oxygen atoms in total. The number of hydrogen-bond donors (Lipinski definition) is 0. The number of hydrogen-bond acceptors (Lipinski definition) is 1. The highest BCUT2D eigenvalue weighted by Gasteiger charge is 2.07. The summed E-state index contributed by atoms with van der Waals surface area (Å²) in [6.45, 7) is 1.86. The Balaban J connectivity index is 2.91. The Morgan fingerprint density at radius 3 is 2.91 bits per heavy atom. The zero-order chi connectivity index (χ0) is 8.27. The average molecular weight is 156 g/mol. The second kappa shape index (κ2) is 3.42. The van der Waals surface area contributed by atoms with E-state index < -0.39 is 6.43 Å². The van der Waals surface area contributed by atoms with Crippen molar-refractivity contribution in [3.63, 3.8) is 0 Å². The van der Waals surface area contributed by atoms with Crippen molar-refractivity contribution in [3.05, 3.63) is 29.6 Å². The van der Waals surface area contributed by atoms with Crippen molar-refractivity contribution < 1.29 is 8.78 Å². The first-order chi connectivity index (χ1) is 5.24. The minimum absolute atomic E-state index is 0.166. The molecule has 1 rings (SSSR count). The van der Waals surface area contributed by atoms with Crippen LogP contribution in [0.25, 0.3) is 0 Å². The fraction of sp³-hybridized carbons (Fsp3) is 0.375. The van der Waals surface area contributed by atoms with E-state index in [1.165, 1.54) is 12.1 Å². The SMILES string of the molecule is CCc1[c]ccc(C(F)F)n1. The van der Waals surface area contributed by atoms with E-state index in [1.54, 1.807) is 0 Å². The van der Waals surface area contributed by atoms with E-state index in [4.69, 9.17) is 0 Å². The third kappa shape index (κ3) is 1.97. The number of aromatic nitrogens is 1. The van der Waals surface area contributed by atoms with E-state index in [-0.39, 0.29) is 5.69 Å². The summed E-state index contributed by atoms with van der Waals surface area (Å²) in [7, 11) is 0. The molecule has 0 unspecified atom stereocenters. The largest absolute Gasteiger partial charge is 0.280 e. The summed E-state index contributed by atoms with van der Waals surface area (Å²) in [6.07, 6.45) is -1.84. The lowest BCUT2D eigenvalue weighted by molar-refractivity contribution is 0.146. The van der Waals surface area contributed by atoms with Crippen molar-refractivity contribution >= 4 is 0 Å². The summed E-state index contributed by atoms with van der Waals surface area (Å²) >= 11 is 0. The Hall–Kier alpha value is -0.990. The fourth-order valence-electron chi connectivity index (χ4n) is 0.751. The standard InChI is InChI=1S/C8H8F2N/c1-2-6-4-3-5-7(11-6)8(9)10/h3,5,8H,2H2,1H3. The van der Waals surface area contributed by atoms with Crippen LogP contribution >= 0.6 is 0 Å². The summed E-state index contributed by atoms with van der Waals surface area (Å²) < 4.78 is 24.0. The van der Waals surface area contributed by atoms with Crippen molar-refractivity contribution in [1.82, 2.24) is 4.98 Å². The van der Waals surface area contributed by atoms with Crippen LogP contribution in [-0.2, 0) is 6.42 Å². The maximum absolute atomic E-state index is 12.0. The molecule has 0 atom stereocenters. The lowest BCUT2D eigenvalue weighted by Crippen LogP contribution is -1.93. The highest BCUT2D eigenvalue weighted by molar-refractivity contribution is 5.10. The van der Waals surface area contributed by atoms with Crippen LogP contribution in [0, 0.1) is 6.07 Å². The molecule has 1 radical (unpaired) electrons. The first-order valence-electron chi connectivity index (χ1n) is 3.39. The van der Waals surface area contributed by atoms with Crippen LogP contribution in [0.2, 0.25) is 0 Å². The predicted octanol–water partition coefficient (Wildman–Crippen LogP) is 2.38. The van der Waals surface area contributed by atoms with E-state index in [9.17, 15) is 8.78 Å². The smallest absolute Gasteiger partial charge is 0.251 e. The molecule has 0 aliphatic heterocycles. The highest BCUT2D eigenvalue weighted by atomic mass is 19.3. The van der Waals surface area contributed by atoms with Gasteiger partial charge < -0.3 is 0 Å². The summed E-state index contributed by atoms with van der Waals surface area (Å²) in [5.41, 5.74) is 0.420. The van der Waals surface area contributed by atoms with Gasteiger partial charge >= 0.3 is 0 Å². The van der Waals surface area contributed by atoms with Crippen LogP contribution in [0.5, 0.6) is 0 Å². The molecule has 0 amide bonds. The second-order valence-electron chi connectivity index (χ2n) is 2.12. The van der Waals surface area contributed by atoms with Crippen LogP contribution < -0.4 is 0 Å². The molecule has 0 aliphatic carbocycles. The third-order valence-electron chi connectivity index (χ3n) is 1.33. The maximum atomic E-state index is 12.0. The highest BCUT2D eigenvalue weighted by Crippen LogP contribution is 2.15. The van der Waals surface area contributed by atoms with Crippen molar-refractivity contribution in [2.24, 2.45) is 0 Å². The van der Waals surface area contributed by atoms with Gasteiger partial charge in [0, 0.05) is 11.8 Å². The number of aryl methyl sites for hydroxylation is 1. The summed E-state index contributed by atoms with van der Waals surface area (Å²) in [6, 6.07) is 5.53. The molecule has 1 aromatic heterocycles. The van der Waals surface area contributed by atoms with Gasteiger partial charge in [-0.3, -0.25) is 4.98 Å². The number of alkyl halides is 2. The summed E-state index contributed by atoms with van der Waals surface area (Å²) in [5, 5.41) is 0. The van der Waals surface area contributed by atoms with Crippen molar-refractivity contribution in [1.29, 1.82) is 0 Å². The molecular formula is C8H8F2N. The fourth-order valence-corrected chi connectivity index (χ4v) is 0.751. The molecule has 0 saturated heterocycles. The lowest BCUT2D eigenvalue weighted by atomic mass is 10.2. The minimum Gasteiger partial charge on any atom is -0.251 e. The van der Waals surface area contributed by atoms with Crippen LogP contribution in [0.4, 0.5) is 8.78 Å². The number of rotatable bonds is 2. The molecule has 0 aromatic carbocycles. The molecule has 11 heavy (non-hydrogen) atoms. The Morgan fingerprint density at radius 2 is 2.36 bits per heavy atom. The first kappa shape index (κ1) is 8.11. The topological polar surface area (TPSA) is 12.9 Å². The quantitative estimate of drug-likeness (QED) is 0.640. The molecule has 0 bridgehead atoms. The molecule has 0 spiro atoms. The lowest BCUT2D eigenvalue weighted by Gasteiger charge is -1.99. The average Bonchev–Trinajstić information content (AvgIpc) is 2.05. The number of nitrogens with zero attached hydrogens (tertiary/aromatic N) is 1. The Kier molecular flexibility index (Phi) is 2.52. The van der Waals surface area contributed by atoms with Crippen LogP contribution in [0.1, 0.15) is 24.7 Å². The van der Waals surface area contributed by atoms with Gasteiger partial charge in [-0.1, -0.05) is 13.0 Å². The van der Waals surface area contributed by atoms with E-state index in [2.05, 4.69) is 11.1 Å². The van der Waals surface area contributed by atoms with E-state index >= 15 is 0 Å². The molecule has 0 N–H and O–H groups in total. The molecule has 59 valence electrons. The van der Waals surface area contributed by atoms with Crippen molar-refractivity contribution in [2.45, 2.75) is 19.8 Å². The van der Waals surface area contributed by atoms with Gasteiger partial charge in [-0.15, -0.1) is 0 Å². The molecule has 0 fully saturated rings. The van der Waals surface area contributed by atoms with Crippen LogP contribution in [0.15, 0.2) is 12.1 Å². The second-order valence-corrected chi connectivity index (χ2v) is 2.12. The molecule has 1 aromatic rings. The Labute approximate surface area is 64.1 Å². The van der Waals surface area contributed by atoms with Gasteiger partial charge in [0.25, 0.3) is 6.43 Å². The zero-order valence-corrected chi connectivity index (χ0v) is 6.14. The normalized spacial score (nSPS) is 10.5. The molecule has 0 saturated carbocycles. The zero-order valence-electron chi connectivity index (χ0n) is 6.14.